The fourth-order valence-corrected chi connectivity index (χ4v) is 6.69. The summed E-state index contributed by atoms with van der Waals surface area (Å²) in [5.74, 6) is -2.01. The topological polar surface area (TPSA) is 186 Å². The average Bonchev–Trinajstić information content (AvgIpc) is 3.12. The zero-order valence-electron chi connectivity index (χ0n) is 32.6. The van der Waals surface area contributed by atoms with E-state index in [1.165, 1.54) is 44.9 Å². The lowest BCUT2D eigenvalue weighted by molar-refractivity contribution is -0.297. The van der Waals surface area contributed by atoms with Gasteiger partial charge in [0, 0.05) is 12.8 Å². The number of aliphatic hydroxyl groups is 3. The molecule has 0 aromatic heterocycles. The minimum atomic E-state index is -4.60. The molecular weight excluding hydrogens is 704 g/mol. The van der Waals surface area contributed by atoms with E-state index in [2.05, 4.69) is 38.2 Å². The van der Waals surface area contributed by atoms with Crippen molar-refractivity contribution in [2.45, 2.75) is 198 Å². The molecule has 1 saturated heterocycles. The Morgan fingerprint density at radius 1 is 0.623 bits per heavy atom. The molecule has 1 heterocycles. The number of carbonyl (C=O) groups excluding carboxylic acids is 2. The first-order valence-corrected chi connectivity index (χ1v) is 22.0. The van der Waals surface area contributed by atoms with Crippen LogP contribution in [0.2, 0.25) is 0 Å². The van der Waals surface area contributed by atoms with Gasteiger partial charge < -0.3 is 34.3 Å². The van der Waals surface area contributed by atoms with E-state index >= 15 is 0 Å². The number of unbranched alkanes of at least 4 members (excludes halogenated alkanes) is 17. The number of aliphatic hydroxyl groups excluding tert-OH is 3. The fourth-order valence-electron chi connectivity index (χ4n) is 6.00. The van der Waals surface area contributed by atoms with Crippen molar-refractivity contribution < 1.29 is 56.8 Å². The molecule has 2 unspecified atom stereocenters. The van der Waals surface area contributed by atoms with Crippen LogP contribution in [0.1, 0.15) is 162 Å². The molecule has 0 spiro atoms. The summed E-state index contributed by atoms with van der Waals surface area (Å²) in [6.45, 7) is 3.67. The van der Waals surface area contributed by atoms with Crippen LogP contribution < -0.4 is 0 Å². The first-order valence-electron chi connectivity index (χ1n) is 20.4. The van der Waals surface area contributed by atoms with E-state index in [1.54, 1.807) is 0 Å². The molecule has 0 amide bonds. The van der Waals surface area contributed by atoms with Crippen LogP contribution in [0.5, 0.6) is 0 Å². The minimum absolute atomic E-state index is 0.153. The quantitative estimate of drug-likeness (QED) is 0.0226. The predicted octanol–water partition coefficient (Wildman–Crippen LogP) is 7.28. The molecule has 0 radical (unpaired) electrons. The zero-order chi connectivity index (χ0) is 39.2. The summed E-state index contributed by atoms with van der Waals surface area (Å²) >= 11 is 0. The van der Waals surface area contributed by atoms with Crippen molar-refractivity contribution in [1.29, 1.82) is 0 Å². The van der Waals surface area contributed by atoms with Crippen LogP contribution in [0.4, 0.5) is 0 Å². The second-order valence-electron chi connectivity index (χ2n) is 14.3. The van der Waals surface area contributed by atoms with Crippen LogP contribution in [-0.2, 0) is 38.7 Å². The van der Waals surface area contributed by atoms with Gasteiger partial charge in [-0.15, -0.1) is 0 Å². The lowest BCUT2D eigenvalue weighted by Gasteiger charge is -2.40. The Labute approximate surface area is 319 Å². The van der Waals surface area contributed by atoms with Gasteiger partial charge >= 0.3 is 11.9 Å². The highest BCUT2D eigenvalue weighted by Gasteiger charge is 2.46. The van der Waals surface area contributed by atoms with Crippen LogP contribution in [0.15, 0.2) is 24.3 Å². The number of allylic oxidation sites excluding steroid dienone is 4. The number of carbonyl (C=O) groups is 2. The third-order valence-corrected chi connectivity index (χ3v) is 10.0. The molecule has 1 rings (SSSR count). The summed E-state index contributed by atoms with van der Waals surface area (Å²) in [5.41, 5.74) is 0. The molecule has 12 nitrogen and oxygen atoms in total. The molecule has 13 heteroatoms. The lowest BCUT2D eigenvalue weighted by Crippen LogP contribution is -2.60. The monoisotopic (exact) mass is 776 g/mol. The number of esters is 2. The molecule has 0 aromatic carbocycles. The maximum atomic E-state index is 12.7. The molecule has 0 aromatic rings. The Morgan fingerprint density at radius 3 is 1.62 bits per heavy atom. The van der Waals surface area contributed by atoms with Crippen molar-refractivity contribution >= 4 is 22.1 Å². The van der Waals surface area contributed by atoms with Gasteiger partial charge in [0.2, 0.25) is 0 Å². The number of ether oxygens (including phenoxy) is 4. The molecule has 4 N–H and O–H groups in total. The van der Waals surface area contributed by atoms with Gasteiger partial charge in [-0.05, 0) is 57.8 Å². The molecule has 310 valence electrons. The van der Waals surface area contributed by atoms with E-state index in [4.69, 9.17) is 18.9 Å². The van der Waals surface area contributed by atoms with Crippen LogP contribution in [-0.4, -0.2) is 96.0 Å². The first-order chi connectivity index (χ1) is 25.5. The second-order valence-corrected chi connectivity index (χ2v) is 15.8. The molecule has 1 fully saturated rings. The third kappa shape index (κ3) is 26.6. The number of hydrogen-bond acceptors (Lipinski definition) is 11. The van der Waals surface area contributed by atoms with Crippen molar-refractivity contribution in [2.75, 3.05) is 19.0 Å². The maximum Gasteiger partial charge on any atom is 0.306 e. The van der Waals surface area contributed by atoms with E-state index in [-0.39, 0.29) is 19.4 Å². The van der Waals surface area contributed by atoms with Crippen LogP contribution >= 0.6 is 0 Å². The minimum Gasteiger partial charge on any atom is -0.462 e. The molecule has 53 heavy (non-hydrogen) atoms. The third-order valence-electron chi connectivity index (χ3n) is 9.25. The van der Waals surface area contributed by atoms with Gasteiger partial charge in [-0.1, -0.05) is 115 Å². The normalized spacial score (nSPS) is 21.4. The average molecular weight is 777 g/mol. The summed E-state index contributed by atoms with van der Waals surface area (Å²) in [6, 6.07) is 0. The van der Waals surface area contributed by atoms with Crippen molar-refractivity contribution in [1.82, 2.24) is 0 Å². The highest BCUT2D eigenvalue weighted by atomic mass is 32.2. The van der Waals surface area contributed by atoms with Gasteiger partial charge in [-0.2, -0.15) is 8.42 Å². The predicted molar refractivity (Wildman–Crippen MR) is 206 cm³/mol. The SMILES string of the molecule is CCCC/C=C/CCCCCCCC(=O)O[C@H](COC(=O)CCCCCCC/C=C/CCCCCCC)CO[C@H]1O[C@H](CS(=O)(=O)O)[C@@H](O)C(O)C1O. The van der Waals surface area contributed by atoms with Gasteiger partial charge in [0.25, 0.3) is 10.1 Å². The molecule has 0 bridgehead atoms. The van der Waals surface area contributed by atoms with Crippen molar-refractivity contribution in [3.05, 3.63) is 24.3 Å². The van der Waals surface area contributed by atoms with E-state index in [9.17, 15) is 37.9 Å². The Kier molecular flexibility index (Phi) is 29.1. The Bertz CT molecular complexity index is 1100. The lowest BCUT2D eigenvalue weighted by atomic mass is 10.00. The highest BCUT2D eigenvalue weighted by Crippen LogP contribution is 2.24. The smallest absolute Gasteiger partial charge is 0.306 e. The van der Waals surface area contributed by atoms with Crippen molar-refractivity contribution in [3.8, 4) is 0 Å². The Balaban J connectivity index is 2.51. The van der Waals surface area contributed by atoms with Crippen LogP contribution in [0, 0.1) is 0 Å². The summed E-state index contributed by atoms with van der Waals surface area (Å²) < 4.78 is 53.8. The fraction of sp³-hybridized carbons (Fsp3) is 0.850. The standard InChI is InChI=1S/C40H72O12S/c1-3-5-7-9-11-13-15-16-17-19-20-22-24-26-28-35(41)49-30-33(51-36(42)29-27-25-23-21-18-14-12-10-8-6-4-2)31-50-40-39(45)38(44)37(43)34(52-40)32-53(46,47)48/h10,12,15-16,33-34,37-40,43-45H,3-9,11,13-14,17-32H2,1-2H3,(H,46,47,48)/b12-10+,16-15+/t33-,34-,37-,38?,39?,40+/m1/s1. The van der Waals surface area contributed by atoms with Crippen LogP contribution in [0.3, 0.4) is 0 Å². The first kappa shape index (κ1) is 49.1. The molecule has 0 aliphatic carbocycles. The van der Waals surface area contributed by atoms with Gasteiger partial charge in [-0.25, -0.2) is 0 Å². The van der Waals surface area contributed by atoms with E-state index in [1.807, 2.05) is 0 Å². The molecule has 1 aliphatic heterocycles. The van der Waals surface area contributed by atoms with Crippen LogP contribution in [0.25, 0.3) is 0 Å². The van der Waals surface area contributed by atoms with Gasteiger partial charge in [-0.3, -0.25) is 14.1 Å². The van der Waals surface area contributed by atoms with E-state index in [0.29, 0.717) is 12.8 Å². The number of rotatable bonds is 33. The largest absolute Gasteiger partial charge is 0.462 e. The highest BCUT2D eigenvalue weighted by molar-refractivity contribution is 7.85. The van der Waals surface area contributed by atoms with E-state index < -0.39 is 71.2 Å². The molecule has 6 atom stereocenters. The molecular formula is C40H72O12S. The Hall–Kier alpha value is -1.87. The second kappa shape index (κ2) is 31.3. The summed E-state index contributed by atoms with van der Waals surface area (Å²) in [4.78, 5) is 25.2. The number of hydrogen-bond donors (Lipinski definition) is 4. The molecule has 0 saturated carbocycles. The summed E-state index contributed by atoms with van der Waals surface area (Å²) in [6.07, 6.45) is 22.4. The van der Waals surface area contributed by atoms with E-state index in [0.717, 1.165) is 77.0 Å². The summed E-state index contributed by atoms with van der Waals surface area (Å²) in [7, 11) is -4.60. The van der Waals surface area contributed by atoms with Gasteiger partial charge in [0.1, 0.15) is 36.8 Å². The Morgan fingerprint density at radius 2 is 1.09 bits per heavy atom. The van der Waals surface area contributed by atoms with Crippen molar-refractivity contribution in [2.24, 2.45) is 0 Å². The van der Waals surface area contributed by atoms with Crippen molar-refractivity contribution in [3.63, 3.8) is 0 Å². The summed E-state index contributed by atoms with van der Waals surface area (Å²) in [5, 5.41) is 30.8. The maximum absolute atomic E-state index is 12.7. The van der Waals surface area contributed by atoms with Gasteiger partial charge in [0.05, 0.1) is 6.61 Å². The molecule has 1 aliphatic rings. The van der Waals surface area contributed by atoms with Gasteiger partial charge in [0.15, 0.2) is 12.4 Å². The zero-order valence-corrected chi connectivity index (χ0v) is 33.4.